The average Bonchev–Trinajstić information content (AvgIpc) is 2.97. The van der Waals surface area contributed by atoms with Gasteiger partial charge in [0.2, 0.25) is 0 Å². The number of hydrogen-bond acceptors (Lipinski definition) is 5. The minimum Gasteiger partial charge on any atom is -0.393 e. The van der Waals surface area contributed by atoms with Crippen LogP contribution < -0.4 is 0 Å². The number of allylic oxidation sites excluding steroid dienone is 4. The van der Waals surface area contributed by atoms with Gasteiger partial charge in [0.25, 0.3) is 0 Å². The van der Waals surface area contributed by atoms with Gasteiger partial charge in [-0.1, -0.05) is 38.8 Å². The summed E-state index contributed by atoms with van der Waals surface area (Å²) in [7, 11) is 0. The number of rotatable bonds is 3. The monoisotopic (exact) mass is 430 g/mol. The smallest absolute Gasteiger partial charge is 0.190 e. The first-order valence-electron chi connectivity index (χ1n) is 11.9. The van der Waals surface area contributed by atoms with E-state index in [1.807, 2.05) is 20.8 Å². The average molecular weight is 431 g/mol. The predicted molar refractivity (Wildman–Crippen MR) is 118 cm³/mol. The Balaban J connectivity index is 1.88. The molecule has 0 saturated heterocycles. The number of aliphatic hydroxyl groups is 3. The standard InChI is InChI=1S/C26H38O5/c1-7-17-14(3)23(30)15(4)21-13(2)10-16-18-8-9-26(31,20(29)12-27)24(18,5)11-19(28)22(16)25(17,21)6/h13,16,18-19,22,27-28,31H,7-12H2,1-6H3/t13?,16-,18-,19-,22+,24-,25+,26-/m0/s1. The van der Waals surface area contributed by atoms with Crippen molar-refractivity contribution in [3.05, 3.63) is 22.3 Å². The number of ketones is 2. The molecule has 4 aliphatic carbocycles. The number of carbonyl (C=O) groups is 2. The fraction of sp³-hybridized carbons (Fsp3) is 0.769. The summed E-state index contributed by atoms with van der Waals surface area (Å²) in [5, 5.41) is 32.6. The van der Waals surface area contributed by atoms with E-state index in [1.54, 1.807) is 0 Å². The molecular formula is C26H38O5. The number of fused-ring (bicyclic) bond motifs is 5. The lowest BCUT2D eigenvalue weighted by atomic mass is 9.42. The van der Waals surface area contributed by atoms with E-state index in [0.29, 0.717) is 12.8 Å². The Morgan fingerprint density at radius 2 is 1.84 bits per heavy atom. The van der Waals surface area contributed by atoms with Gasteiger partial charge in [-0.05, 0) is 74.9 Å². The summed E-state index contributed by atoms with van der Waals surface area (Å²) < 4.78 is 0. The number of carbonyl (C=O) groups excluding carboxylic acids is 2. The van der Waals surface area contributed by atoms with E-state index >= 15 is 0 Å². The van der Waals surface area contributed by atoms with Gasteiger partial charge < -0.3 is 15.3 Å². The van der Waals surface area contributed by atoms with E-state index in [9.17, 15) is 24.9 Å². The second kappa shape index (κ2) is 7.10. The van der Waals surface area contributed by atoms with Gasteiger partial charge >= 0.3 is 0 Å². The zero-order valence-electron chi connectivity index (χ0n) is 19.8. The van der Waals surface area contributed by atoms with Crippen LogP contribution in [0.5, 0.6) is 0 Å². The zero-order valence-corrected chi connectivity index (χ0v) is 19.8. The van der Waals surface area contributed by atoms with Gasteiger partial charge in [0.15, 0.2) is 11.6 Å². The summed E-state index contributed by atoms with van der Waals surface area (Å²) >= 11 is 0. The molecule has 0 aromatic rings. The van der Waals surface area contributed by atoms with Crippen LogP contribution in [0.3, 0.4) is 0 Å². The lowest BCUT2D eigenvalue weighted by Crippen LogP contribution is -2.63. The van der Waals surface area contributed by atoms with Crippen molar-refractivity contribution in [2.75, 3.05) is 6.61 Å². The van der Waals surface area contributed by atoms with Crippen molar-refractivity contribution in [3.63, 3.8) is 0 Å². The third-order valence-corrected chi connectivity index (χ3v) is 10.1. The van der Waals surface area contributed by atoms with E-state index in [1.165, 1.54) is 5.57 Å². The van der Waals surface area contributed by atoms with E-state index in [-0.39, 0.29) is 34.9 Å². The zero-order chi connectivity index (χ0) is 23.1. The molecule has 172 valence electrons. The lowest BCUT2D eigenvalue weighted by molar-refractivity contribution is -0.181. The number of aliphatic hydroxyl groups excluding tert-OH is 2. The van der Waals surface area contributed by atoms with Crippen molar-refractivity contribution < 1.29 is 24.9 Å². The van der Waals surface area contributed by atoms with Crippen molar-refractivity contribution in [2.45, 2.75) is 85.4 Å². The molecule has 1 unspecified atom stereocenters. The fourth-order valence-corrected chi connectivity index (χ4v) is 8.99. The highest BCUT2D eigenvalue weighted by Gasteiger charge is 2.69. The summed E-state index contributed by atoms with van der Waals surface area (Å²) in [5.41, 5.74) is 1.25. The van der Waals surface area contributed by atoms with Crippen LogP contribution in [0.4, 0.5) is 0 Å². The van der Waals surface area contributed by atoms with E-state index in [4.69, 9.17) is 0 Å². The summed E-state index contributed by atoms with van der Waals surface area (Å²) in [6, 6.07) is 0. The Morgan fingerprint density at radius 3 is 2.42 bits per heavy atom. The van der Waals surface area contributed by atoms with Crippen LogP contribution in [0, 0.1) is 34.5 Å². The van der Waals surface area contributed by atoms with Crippen LogP contribution >= 0.6 is 0 Å². The normalized spacial score (nSPS) is 47.3. The Morgan fingerprint density at radius 1 is 1.19 bits per heavy atom. The molecule has 31 heavy (non-hydrogen) atoms. The van der Waals surface area contributed by atoms with Crippen LogP contribution in [-0.2, 0) is 9.59 Å². The highest BCUT2D eigenvalue weighted by Crippen LogP contribution is 2.69. The highest BCUT2D eigenvalue weighted by molar-refractivity contribution is 6.10. The highest BCUT2D eigenvalue weighted by atomic mass is 16.3. The van der Waals surface area contributed by atoms with E-state index in [0.717, 1.165) is 36.0 Å². The van der Waals surface area contributed by atoms with Gasteiger partial charge in [0, 0.05) is 16.7 Å². The first-order valence-corrected chi connectivity index (χ1v) is 11.9. The molecule has 0 radical (unpaired) electrons. The molecule has 0 amide bonds. The molecule has 4 rings (SSSR count). The summed E-state index contributed by atoms with van der Waals surface area (Å²) in [6.45, 7) is 11.6. The second-order valence-corrected chi connectivity index (χ2v) is 11.1. The minimum absolute atomic E-state index is 0.0451. The molecule has 5 heteroatoms. The van der Waals surface area contributed by atoms with Crippen molar-refractivity contribution >= 4 is 11.6 Å². The number of hydrogen-bond donors (Lipinski definition) is 3. The quantitative estimate of drug-likeness (QED) is 0.638. The SMILES string of the molecule is CCC1=C(C)C(=O)C(C)=C2C(C)C[C@@H]3[C@H]([C@@H](O)C[C@@]4(C)[C@H]3CC[C@]4(O)C(=O)CO)[C@]12C. The molecule has 0 spiro atoms. The molecule has 0 aromatic carbocycles. The topological polar surface area (TPSA) is 94.8 Å². The molecule has 3 fully saturated rings. The van der Waals surface area contributed by atoms with Gasteiger partial charge in [-0.15, -0.1) is 0 Å². The lowest BCUT2D eigenvalue weighted by Gasteiger charge is -2.62. The first-order chi connectivity index (χ1) is 14.4. The van der Waals surface area contributed by atoms with Gasteiger partial charge in [-0.3, -0.25) is 9.59 Å². The van der Waals surface area contributed by atoms with Crippen molar-refractivity contribution in [1.29, 1.82) is 0 Å². The molecule has 3 saturated carbocycles. The third kappa shape index (κ3) is 2.60. The van der Waals surface area contributed by atoms with Crippen LogP contribution in [0.15, 0.2) is 22.3 Å². The van der Waals surface area contributed by atoms with Crippen molar-refractivity contribution in [3.8, 4) is 0 Å². The van der Waals surface area contributed by atoms with Crippen LogP contribution in [0.2, 0.25) is 0 Å². The van der Waals surface area contributed by atoms with Crippen LogP contribution in [0.1, 0.15) is 73.6 Å². The van der Waals surface area contributed by atoms with Crippen molar-refractivity contribution in [1.82, 2.24) is 0 Å². The van der Waals surface area contributed by atoms with Gasteiger partial charge in [-0.25, -0.2) is 0 Å². The molecule has 0 heterocycles. The maximum atomic E-state index is 13.0. The van der Waals surface area contributed by atoms with Gasteiger partial charge in [0.1, 0.15) is 12.2 Å². The predicted octanol–water partition coefficient (Wildman–Crippen LogP) is 3.36. The van der Waals surface area contributed by atoms with E-state index in [2.05, 4.69) is 20.8 Å². The largest absolute Gasteiger partial charge is 0.393 e. The Labute approximate surface area is 185 Å². The maximum absolute atomic E-state index is 13.0. The Bertz CT molecular complexity index is 899. The molecule has 0 aliphatic heterocycles. The third-order valence-electron chi connectivity index (χ3n) is 10.1. The van der Waals surface area contributed by atoms with Crippen LogP contribution in [0.25, 0.3) is 0 Å². The summed E-state index contributed by atoms with van der Waals surface area (Å²) in [6.07, 6.45) is 2.31. The minimum atomic E-state index is -1.59. The maximum Gasteiger partial charge on any atom is 0.190 e. The molecule has 4 aliphatic rings. The second-order valence-electron chi connectivity index (χ2n) is 11.1. The van der Waals surface area contributed by atoms with Crippen molar-refractivity contribution in [2.24, 2.45) is 34.5 Å². The molecular weight excluding hydrogens is 392 g/mol. The van der Waals surface area contributed by atoms with Gasteiger partial charge in [-0.2, -0.15) is 0 Å². The van der Waals surface area contributed by atoms with E-state index < -0.39 is 29.5 Å². The Kier molecular flexibility index (Phi) is 5.24. The molecule has 0 bridgehead atoms. The summed E-state index contributed by atoms with van der Waals surface area (Å²) in [4.78, 5) is 25.6. The molecule has 5 nitrogen and oxygen atoms in total. The number of Topliss-reactive ketones (excluding diaryl/α,β-unsaturated/α-hetero) is 2. The fourth-order valence-electron chi connectivity index (χ4n) is 8.99. The summed E-state index contributed by atoms with van der Waals surface area (Å²) in [5.74, 6) is 0.00123. The Hall–Kier alpha value is -1.30. The van der Waals surface area contributed by atoms with Gasteiger partial charge in [0.05, 0.1) is 6.10 Å². The molecule has 8 atom stereocenters. The molecule has 3 N–H and O–H groups in total. The first kappa shape index (κ1) is 22.9. The van der Waals surface area contributed by atoms with Crippen LogP contribution in [-0.4, -0.2) is 45.2 Å². The molecule has 0 aromatic heterocycles.